The molecule has 0 amide bonds. The largest absolute Gasteiger partial charge is 0.385 e. The Hall–Kier alpha value is -0.900. The average molecular weight is 293 g/mol. The van der Waals surface area contributed by atoms with Crippen molar-refractivity contribution in [2.75, 3.05) is 40.0 Å². The van der Waals surface area contributed by atoms with Crippen molar-refractivity contribution in [2.45, 2.75) is 33.1 Å². The van der Waals surface area contributed by atoms with Crippen LogP contribution in [0.2, 0.25) is 0 Å². The van der Waals surface area contributed by atoms with Gasteiger partial charge in [0.2, 0.25) is 0 Å². The molecular weight excluding hydrogens is 262 g/mol. The molecule has 0 saturated carbocycles. The molecule has 1 rings (SSSR count). The highest BCUT2D eigenvalue weighted by molar-refractivity contribution is 5.22. The molecule has 0 radical (unpaired) electrons. The first-order valence-corrected chi connectivity index (χ1v) is 8.09. The van der Waals surface area contributed by atoms with Crippen LogP contribution >= 0.6 is 0 Å². The maximum Gasteiger partial charge on any atom is 0.0487 e. The topological polar surface area (TPSA) is 30.5 Å². The van der Waals surface area contributed by atoms with Crippen LogP contribution in [0.4, 0.5) is 0 Å². The summed E-state index contributed by atoms with van der Waals surface area (Å²) in [6.07, 6.45) is 3.20. The van der Waals surface area contributed by atoms with E-state index in [4.69, 9.17) is 9.47 Å². The molecule has 0 aliphatic heterocycles. The second-order valence-corrected chi connectivity index (χ2v) is 5.61. The Morgan fingerprint density at radius 2 is 2.05 bits per heavy atom. The molecule has 1 N–H and O–H groups in total. The Balaban J connectivity index is 2.33. The van der Waals surface area contributed by atoms with Crippen LogP contribution in [0.1, 0.15) is 30.9 Å². The van der Waals surface area contributed by atoms with Crippen LogP contribution in [0.25, 0.3) is 0 Å². The summed E-state index contributed by atoms with van der Waals surface area (Å²) >= 11 is 0. The third-order valence-corrected chi connectivity index (χ3v) is 3.60. The summed E-state index contributed by atoms with van der Waals surface area (Å²) in [7, 11) is 1.73. The smallest absolute Gasteiger partial charge is 0.0487 e. The molecule has 0 spiro atoms. The van der Waals surface area contributed by atoms with E-state index in [1.165, 1.54) is 11.1 Å². The Kier molecular flexibility index (Phi) is 10.1. The molecule has 1 aromatic rings. The molecule has 3 heteroatoms. The minimum absolute atomic E-state index is 0.633. The summed E-state index contributed by atoms with van der Waals surface area (Å²) in [6.45, 7) is 8.82. The fourth-order valence-electron chi connectivity index (χ4n) is 2.45. The van der Waals surface area contributed by atoms with Gasteiger partial charge in [0, 0.05) is 26.9 Å². The second-order valence-electron chi connectivity index (χ2n) is 5.61. The van der Waals surface area contributed by atoms with Crippen molar-refractivity contribution >= 4 is 0 Å². The van der Waals surface area contributed by atoms with Crippen molar-refractivity contribution in [3.8, 4) is 0 Å². The van der Waals surface area contributed by atoms with Crippen molar-refractivity contribution in [3.63, 3.8) is 0 Å². The van der Waals surface area contributed by atoms with E-state index in [0.717, 1.165) is 52.2 Å². The van der Waals surface area contributed by atoms with E-state index in [1.807, 2.05) is 0 Å². The highest BCUT2D eigenvalue weighted by Crippen LogP contribution is 2.13. The molecule has 120 valence electrons. The number of hydrogen-bond acceptors (Lipinski definition) is 3. The van der Waals surface area contributed by atoms with Gasteiger partial charge in [-0.2, -0.15) is 0 Å². The van der Waals surface area contributed by atoms with E-state index in [9.17, 15) is 0 Å². The number of rotatable bonds is 12. The normalized spacial score (nSPS) is 12.5. The first kappa shape index (κ1) is 18.1. The highest BCUT2D eigenvalue weighted by Gasteiger charge is 2.09. The summed E-state index contributed by atoms with van der Waals surface area (Å²) < 4.78 is 10.7. The molecule has 1 aromatic carbocycles. The summed E-state index contributed by atoms with van der Waals surface area (Å²) in [4.78, 5) is 0. The lowest BCUT2D eigenvalue weighted by Gasteiger charge is -2.18. The van der Waals surface area contributed by atoms with Gasteiger partial charge in [-0.1, -0.05) is 36.8 Å². The summed E-state index contributed by atoms with van der Waals surface area (Å²) in [5.74, 6) is 0.633. The molecule has 0 aliphatic carbocycles. The zero-order chi connectivity index (χ0) is 15.3. The quantitative estimate of drug-likeness (QED) is 0.600. The predicted molar refractivity (Wildman–Crippen MR) is 88.8 cm³/mol. The minimum Gasteiger partial charge on any atom is -0.385 e. The highest BCUT2D eigenvalue weighted by atomic mass is 16.5. The van der Waals surface area contributed by atoms with E-state index in [-0.39, 0.29) is 0 Å². The fraction of sp³-hybridized carbons (Fsp3) is 0.667. The SMILES string of the molecule is CCNCC(CCOCCCOC)Cc1cccc(C)c1. The lowest BCUT2D eigenvalue weighted by molar-refractivity contribution is 0.0936. The van der Waals surface area contributed by atoms with Gasteiger partial charge >= 0.3 is 0 Å². The Labute approximate surface area is 130 Å². The molecule has 1 unspecified atom stereocenters. The summed E-state index contributed by atoms with van der Waals surface area (Å²) in [5, 5.41) is 3.47. The van der Waals surface area contributed by atoms with Crippen molar-refractivity contribution < 1.29 is 9.47 Å². The lowest BCUT2D eigenvalue weighted by Crippen LogP contribution is -2.25. The fourth-order valence-corrected chi connectivity index (χ4v) is 2.45. The van der Waals surface area contributed by atoms with E-state index in [1.54, 1.807) is 7.11 Å². The second kappa shape index (κ2) is 11.7. The molecule has 0 aromatic heterocycles. The third kappa shape index (κ3) is 8.86. The monoisotopic (exact) mass is 293 g/mol. The predicted octanol–water partition coefficient (Wildman–Crippen LogP) is 3.21. The number of methoxy groups -OCH3 is 1. The molecule has 1 atom stereocenters. The molecule has 0 heterocycles. The number of aryl methyl sites for hydroxylation is 1. The van der Waals surface area contributed by atoms with Crippen molar-refractivity contribution in [2.24, 2.45) is 5.92 Å². The van der Waals surface area contributed by atoms with Gasteiger partial charge in [0.1, 0.15) is 0 Å². The molecule has 0 bridgehead atoms. The van der Waals surface area contributed by atoms with Crippen molar-refractivity contribution in [3.05, 3.63) is 35.4 Å². The first-order chi connectivity index (χ1) is 10.3. The first-order valence-electron chi connectivity index (χ1n) is 8.09. The molecule has 0 fully saturated rings. The van der Waals surface area contributed by atoms with Gasteiger partial charge in [-0.25, -0.2) is 0 Å². The zero-order valence-corrected chi connectivity index (χ0v) is 13.9. The third-order valence-electron chi connectivity index (χ3n) is 3.60. The van der Waals surface area contributed by atoms with Gasteiger partial charge in [0.05, 0.1) is 0 Å². The lowest BCUT2D eigenvalue weighted by atomic mass is 9.95. The summed E-state index contributed by atoms with van der Waals surface area (Å²) in [5.41, 5.74) is 2.77. The Morgan fingerprint density at radius 1 is 1.19 bits per heavy atom. The van der Waals surface area contributed by atoms with E-state index >= 15 is 0 Å². The van der Waals surface area contributed by atoms with E-state index in [2.05, 4.69) is 43.4 Å². The van der Waals surface area contributed by atoms with Crippen LogP contribution in [0.3, 0.4) is 0 Å². The zero-order valence-electron chi connectivity index (χ0n) is 13.9. The van der Waals surface area contributed by atoms with Crippen LogP contribution in [-0.4, -0.2) is 40.0 Å². The Morgan fingerprint density at radius 3 is 2.76 bits per heavy atom. The molecule has 0 saturated heterocycles. The van der Waals surface area contributed by atoms with Crippen LogP contribution in [-0.2, 0) is 15.9 Å². The van der Waals surface area contributed by atoms with Gasteiger partial charge in [0.25, 0.3) is 0 Å². The number of nitrogens with one attached hydrogen (secondary N) is 1. The minimum atomic E-state index is 0.633. The van der Waals surface area contributed by atoms with Crippen LogP contribution in [0.5, 0.6) is 0 Å². The van der Waals surface area contributed by atoms with Gasteiger partial charge in [-0.3, -0.25) is 0 Å². The van der Waals surface area contributed by atoms with Crippen molar-refractivity contribution in [1.29, 1.82) is 0 Å². The van der Waals surface area contributed by atoms with Crippen LogP contribution in [0, 0.1) is 12.8 Å². The maximum absolute atomic E-state index is 5.70. The van der Waals surface area contributed by atoms with E-state index < -0.39 is 0 Å². The number of benzene rings is 1. The standard InChI is InChI=1S/C18H31NO2/c1-4-19-15-18(9-12-21-11-6-10-20-3)14-17-8-5-7-16(2)13-17/h5,7-8,13,18-19H,4,6,9-12,14-15H2,1-3H3. The van der Waals surface area contributed by atoms with Gasteiger partial charge in [-0.15, -0.1) is 0 Å². The molecule has 0 aliphatic rings. The van der Waals surface area contributed by atoms with Crippen LogP contribution < -0.4 is 5.32 Å². The molecule has 21 heavy (non-hydrogen) atoms. The van der Waals surface area contributed by atoms with Gasteiger partial charge < -0.3 is 14.8 Å². The van der Waals surface area contributed by atoms with Gasteiger partial charge in [0.15, 0.2) is 0 Å². The average Bonchev–Trinajstić information content (AvgIpc) is 2.48. The number of ether oxygens (including phenoxy) is 2. The number of hydrogen-bond donors (Lipinski definition) is 1. The van der Waals surface area contributed by atoms with E-state index in [0.29, 0.717) is 5.92 Å². The summed E-state index contributed by atoms with van der Waals surface area (Å²) in [6, 6.07) is 8.82. The Bertz CT molecular complexity index is 368. The molecular formula is C18H31NO2. The molecule has 3 nitrogen and oxygen atoms in total. The van der Waals surface area contributed by atoms with Crippen LogP contribution in [0.15, 0.2) is 24.3 Å². The van der Waals surface area contributed by atoms with Crippen molar-refractivity contribution in [1.82, 2.24) is 5.32 Å². The maximum atomic E-state index is 5.70. The van der Waals surface area contributed by atoms with Gasteiger partial charge in [-0.05, 0) is 50.8 Å².